The fourth-order valence-electron chi connectivity index (χ4n) is 4.50. The molecule has 2 aliphatic rings. The number of imide groups is 1. The molecule has 0 unspecified atom stereocenters. The van der Waals surface area contributed by atoms with Gasteiger partial charge in [-0.1, -0.05) is 56.3 Å². The average Bonchev–Trinajstić information content (AvgIpc) is 3.05. The molecule has 0 saturated carbocycles. The number of carbonyl (C=O) groups is 2. The Morgan fingerprint density at radius 2 is 1.55 bits per heavy atom. The molecule has 174 valence electrons. The Balaban J connectivity index is 1.57. The summed E-state index contributed by atoms with van der Waals surface area (Å²) < 4.78 is 5.55. The van der Waals surface area contributed by atoms with Crippen molar-refractivity contribution in [3.63, 3.8) is 0 Å². The maximum absolute atomic E-state index is 13.4. The highest BCUT2D eigenvalue weighted by molar-refractivity contribution is 6.35. The van der Waals surface area contributed by atoms with Crippen molar-refractivity contribution in [1.82, 2.24) is 14.7 Å². The number of hydrogen-bond donors (Lipinski definition) is 0. The highest BCUT2D eigenvalue weighted by atomic mass is 16.5. The highest BCUT2D eigenvalue weighted by Crippen LogP contribution is 2.33. The number of amides is 2. The van der Waals surface area contributed by atoms with Crippen molar-refractivity contribution in [3.8, 4) is 5.75 Å². The average molecular weight is 448 g/mol. The Labute approximate surface area is 196 Å². The predicted octanol–water partition coefficient (Wildman–Crippen LogP) is 3.64. The Morgan fingerprint density at radius 3 is 2.15 bits per heavy atom. The number of hydrogen-bond acceptors (Lipinski definition) is 5. The van der Waals surface area contributed by atoms with Gasteiger partial charge in [-0.2, -0.15) is 0 Å². The maximum Gasteiger partial charge on any atom is 0.277 e. The third kappa shape index (κ3) is 5.11. The summed E-state index contributed by atoms with van der Waals surface area (Å²) >= 11 is 0. The molecule has 2 aromatic rings. The molecule has 1 fully saturated rings. The monoisotopic (exact) mass is 447 g/mol. The first-order chi connectivity index (χ1) is 16.0. The second-order valence-electron chi connectivity index (χ2n) is 9.04. The largest absolute Gasteiger partial charge is 0.494 e. The van der Waals surface area contributed by atoms with Gasteiger partial charge >= 0.3 is 0 Å². The van der Waals surface area contributed by atoms with Gasteiger partial charge in [0.1, 0.15) is 11.4 Å². The van der Waals surface area contributed by atoms with Gasteiger partial charge in [0.15, 0.2) is 0 Å². The maximum atomic E-state index is 13.4. The topological polar surface area (TPSA) is 53.1 Å². The van der Waals surface area contributed by atoms with Crippen molar-refractivity contribution < 1.29 is 14.3 Å². The fraction of sp³-hybridized carbons (Fsp3) is 0.407. The highest BCUT2D eigenvalue weighted by Gasteiger charge is 2.42. The molecule has 2 aromatic carbocycles. The van der Waals surface area contributed by atoms with E-state index in [1.807, 2.05) is 51.1 Å². The van der Waals surface area contributed by atoms with Gasteiger partial charge in [0.2, 0.25) is 0 Å². The number of benzene rings is 2. The van der Waals surface area contributed by atoms with E-state index in [9.17, 15) is 9.59 Å². The quantitative estimate of drug-likeness (QED) is 0.579. The molecule has 2 amide bonds. The van der Waals surface area contributed by atoms with Crippen LogP contribution in [0.2, 0.25) is 0 Å². The van der Waals surface area contributed by atoms with Crippen LogP contribution in [-0.4, -0.2) is 65.8 Å². The molecule has 6 nitrogen and oxygen atoms in total. The minimum atomic E-state index is -0.195. The molecule has 2 heterocycles. The standard InChI is InChI=1S/C27H33N3O3/c1-4-33-23-12-10-22(11-13-23)24-25(27(32)30(26(24)31)18-20(2)3)29-16-14-28(15-17-29)19-21-8-6-5-7-9-21/h5-13,20H,4,14-19H2,1-3H3. The molecule has 0 bridgehead atoms. The molecule has 0 N–H and O–H groups in total. The van der Waals surface area contributed by atoms with E-state index >= 15 is 0 Å². The third-order valence-electron chi connectivity index (χ3n) is 6.08. The van der Waals surface area contributed by atoms with Crippen LogP contribution in [0.4, 0.5) is 0 Å². The molecule has 0 radical (unpaired) electrons. The van der Waals surface area contributed by atoms with Crippen LogP contribution in [0.25, 0.3) is 5.57 Å². The van der Waals surface area contributed by atoms with Crippen LogP contribution in [0.15, 0.2) is 60.3 Å². The van der Waals surface area contributed by atoms with E-state index in [4.69, 9.17) is 4.74 Å². The molecule has 0 spiro atoms. The van der Waals surface area contributed by atoms with Gasteiger partial charge in [-0.3, -0.25) is 19.4 Å². The second kappa shape index (κ2) is 10.2. The van der Waals surface area contributed by atoms with Gasteiger partial charge in [-0.15, -0.1) is 0 Å². The van der Waals surface area contributed by atoms with Crippen LogP contribution in [-0.2, 0) is 16.1 Å². The Hall–Kier alpha value is -3.12. The first-order valence-corrected chi connectivity index (χ1v) is 11.8. The molecule has 6 heteroatoms. The van der Waals surface area contributed by atoms with Crippen LogP contribution in [0.3, 0.4) is 0 Å². The lowest BCUT2D eigenvalue weighted by Crippen LogP contribution is -2.47. The van der Waals surface area contributed by atoms with E-state index in [1.165, 1.54) is 10.5 Å². The molecule has 33 heavy (non-hydrogen) atoms. The van der Waals surface area contributed by atoms with E-state index < -0.39 is 0 Å². The van der Waals surface area contributed by atoms with Crippen LogP contribution >= 0.6 is 0 Å². The number of carbonyl (C=O) groups excluding carboxylic acids is 2. The lowest BCUT2D eigenvalue weighted by Gasteiger charge is -2.36. The van der Waals surface area contributed by atoms with Crippen molar-refractivity contribution in [2.24, 2.45) is 5.92 Å². The summed E-state index contributed by atoms with van der Waals surface area (Å²) in [4.78, 5) is 32.8. The van der Waals surface area contributed by atoms with Gasteiger partial charge in [0.25, 0.3) is 11.8 Å². The predicted molar refractivity (Wildman–Crippen MR) is 129 cm³/mol. The number of rotatable bonds is 8. The van der Waals surface area contributed by atoms with E-state index in [0.29, 0.717) is 24.4 Å². The third-order valence-corrected chi connectivity index (χ3v) is 6.08. The lowest BCUT2D eigenvalue weighted by atomic mass is 10.0. The van der Waals surface area contributed by atoms with E-state index in [2.05, 4.69) is 34.1 Å². The Morgan fingerprint density at radius 1 is 0.879 bits per heavy atom. The van der Waals surface area contributed by atoms with Gasteiger partial charge in [-0.25, -0.2) is 0 Å². The summed E-state index contributed by atoms with van der Waals surface area (Å²) in [5, 5.41) is 0. The van der Waals surface area contributed by atoms with Gasteiger partial charge in [-0.05, 0) is 36.1 Å². The first kappa shape index (κ1) is 23.1. The Kier molecular flexibility index (Phi) is 7.14. The molecule has 0 atom stereocenters. The smallest absolute Gasteiger partial charge is 0.277 e. The van der Waals surface area contributed by atoms with E-state index in [1.54, 1.807) is 0 Å². The molecule has 0 aromatic heterocycles. The molecule has 1 saturated heterocycles. The summed E-state index contributed by atoms with van der Waals surface area (Å²) in [5.74, 6) is 0.601. The SMILES string of the molecule is CCOc1ccc(C2=C(N3CCN(Cc4ccccc4)CC3)C(=O)N(CC(C)C)C2=O)cc1. The van der Waals surface area contributed by atoms with Crippen molar-refractivity contribution in [3.05, 3.63) is 71.4 Å². The van der Waals surface area contributed by atoms with Crippen LogP contribution in [0, 0.1) is 5.92 Å². The molecule has 0 aliphatic carbocycles. The summed E-state index contributed by atoms with van der Waals surface area (Å²) in [6, 6.07) is 17.9. The van der Waals surface area contributed by atoms with E-state index in [0.717, 1.165) is 44.0 Å². The van der Waals surface area contributed by atoms with Gasteiger partial charge < -0.3 is 9.64 Å². The van der Waals surface area contributed by atoms with Crippen molar-refractivity contribution in [2.45, 2.75) is 27.3 Å². The summed E-state index contributed by atoms with van der Waals surface area (Å²) in [6.07, 6.45) is 0. The minimum absolute atomic E-state index is 0.172. The van der Waals surface area contributed by atoms with Crippen LogP contribution < -0.4 is 4.74 Å². The number of nitrogens with zero attached hydrogens (tertiary/aromatic N) is 3. The second-order valence-corrected chi connectivity index (χ2v) is 9.04. The zero-order valence-electron chi connectivity index (χ0n) is 19.8. The molecular formula is C27H33N3O3. The summed E-state index contributed by atoms with van der Waals surface area (Å²) in [7, 11) is 0. The number of piperazine rings is 1. The molecule has 4 rings (SSSR count). The van der Waals surface area contributed by atoms with Gasteiger partial charge in [0.05, 0.1) is 12.2 Å². The lowest BCUT2D eigenvalue weighted by molar-refractivity contribution is -0.138. The fourth-order valence-corrected chi connectivity index (χ4v) is 4.50. The first-order valence-electron chi connectivity index (χ1n) is 11.8. The van der Waals surface area contributed by atoms with Crippen molar-refractivity contribution in [1.29, 1.82) is 0 Å². The summed E-state index contributed by atoms with van der Waals surface area (Å²) in [5.41, 5.74) is 3.12. The summed E-state index contributed by atoms with van der Waals surface area (Å²) in [6.45, 7) is 11.0. The Bertz CT molecular complexity index is 1010. The van der Waals surface area contributed by atoms with Crippen molar-refractivity contribution in [2.75, 3.05) is 39.3 Å². The van der Waals surface area contributed by atoms with Gasteiger partial charge in [0, 0.05) is 39.3 Å². The zero-order valence-corrected chi connectivity index (χ0v) is 19.8. The van der Waals surface area contributed by atoms with Crippen LogP contribution in [0.5, 0.6) is 5.75 Å². The normalized spacial score (nSPS) is 17.5. The molecule has 2 aliphatic heterocycles. The van der Waals surface area contributed by atoms with Crippen LogP contribution in [0.1, 0.15) is 31.9 Å². The zero-order chi connectivity index (χ0) is 23.4. The minimum Gasteiger partial charge on any atom is -0.494 e. The van der Waals surface area contributed by atoms with E-state index in [-0.39, 0.29) is 17.7 Å². The molecular weight excluding hydrogens is 414 g/mol. The number of ether oxygens (including phenoxy) is 1. The van der Waals surface area contributed by atoms with Crippen molar-refractivity contribution >= 4 is 17.4 Å².